The van der Waals surface area contributed by atoms with Crippen LogP contribution < -0.4 is 5.73 Å². The minimum atomic E-state index is 0.261. The fourth-order valence-corrected chi connectivity index (χ4v) is 1.77. The van der Waals surface area contributed by atoms with Crippen molar-refractivity contribution in [3.05, 3.63) is 5.82 Å². The summed E-state index contributed by atoms with van der Waals surface area (Å²) in [5, 5.41) is 13.5. The Labute approximate surface area is 82.2 Å². The summed E-state index contributed by atoms with van der Waals surface area (Å²) in [5.74, 6) is 0.601. The van der Waals surface area contributed by atoms with Gasteiger partial charge in [0.15, 0.2) is 5.82 Å². The van der Waals surface area contributed by atoms with Crippen molar-refractivity contribution in [2.75, 3.05) is 0 Å². The molecule has 1 saturated carbocycles. The van der Waals surface area contributed by atoms with Gasteiger partial charge < -0.3 is 10.5 Å². The molecule has 3 N–H and O–H groups in total. The molecule has 78 valence electrons. The summed E-state index contributed by atoms with van der Waals surface area (Å²) >= 11 is 0. The van der Waals surface area contributed by atoms with Gasteiger partial charge in [0.05, 0.1) is 6.10 Å². The molecule has 1 aromatic rings. The molecule has 6 nitrogen and oxygen atoms in total. The number of hydrogen-bond donors (Lipinski definition) is 2. The van der Waals surface area contributed by atoms with Crippen molar-refractivity contribution >= 4 is 0 Å². The molecule has 2 unspecified atom stereocenters. The van der Waals surface area contributed by atoms with Crippen LogP contribution in [0.15, 0.2) is 0 Å². The first-order chi connectivity index (χ1) is 6.84. The molecule has 0 bridgehead atoms. The van der Waals surface area contributed by atoms with E-state index in [9.17, 15) is 0 Å². The quantitative estimate of drug-likeness (QED) is 0.711. The number of ether oxygens (including phenoxy) is 1. The number of aromatic amines is 1. The monoisotopic (exact) mass is 197 g/mol. The molecule has 1 fully saturated rings. The molecule has 0 radical (unpaired) electrons. The average Bonchev–Trinajstić information content (AvgIpc) is 2.67. The molecule has 1 aliphatic rings. The second kappa shape index (κ2) is 4.47. The van der Waals surface area contributed by atoms with E-state index in [4.69, 9.17) is 10.5 Å². The van der Waals surface area contributed by atoms with Crippen LogP contribution in [0.25, 0.3) is 0 Å². The molecule has 0 amide bonds. The second-order valence-electron chi connectivity index (χ2n) is 3.69. The molecular weight excluding hydrogens is 182 g/mol. The van der Waals surface area contributed by atoms with Gasteiger partial charge in [-0.1, -0.05) is 5.21 Å². The van der Waals surface area contributed by atoms with E-state index in [2.05, 4.69) is 20.6 Å². The molecule has 2 atom stereocenters. The standard InChI is InChI=1S/C8H15N5O/c9-6-2-1-3-7(4-6)14-5-8-10-12-13-11-8/h6-7H,1-5,9H2,(H,10,11,12,13). The van der Waals surface area contributed by atoms with Crippen LogP contribution in [0.1, 0.15) is 31.5 Å². The molecule has 2 rings (SSSR count). The van der Waals surface area contributed by atoms with Gasteiger partial charge in [-0.25, -0.2) is 0 Å². The van der Waals surface area contributed by atoms with Crippen molar-refractivity contribution < 1.29 is 4.74 Å². The van der Waals surface area contributed by atoms with Crippen LogP contribution in [-0.4, -0.2) is 32.8 Å². The molecule has 0 saturated heterocycles. The van der Waals surface area contributed by atoms with E-state index in [0.29, 0.717) is 18.5 Å². The number of rotatable bonds is 3. The molecule has 6 heteroatoms. The third-order valence-corrected chi connectivity index (χ3v) is 2.50. The van der Waals surface area contributed by atoms with E-state index >= 15 is 0 Å². The van der Waals surface area contributed by atoms with Crippen molar-refractivity contribution in [3.63, 3.8) is 0 Å². The Bertz CT molecular complexity index is 263. The van der Waals surface area contributed by atoms with Gasteiger partial charge in [-0.15, -0.1) is 10.2 Å². The second-order valence-corrected chi connectivity index (χ2v) is 3.69. The normalized spacial score (nSPS) is 27.8. The average molecular weight is 197 g/mol. The highest BCUT2D eigenvalue weighted by Gasteiger charge is 2.19. The summed E-state index contributed by atoms with van der Waals surface area (Å²) < 4.78 is 5.63. The Morgan fingerprint density at radius 1 is 1.50 bits per heavy atom. The maximum absolute atomic E-state index is 5.84. The van der Waals surface area contributed by atoms with E-state index < -0.39 is 0 Å². The molecule has 0 aromatic carbocycles. The smallest absolute Gasteiger partial charge is 0.200 e. The van der Waals surface area contributed by atoms with Crippen LogP contribution in [0.3, 0.4) is 0 Å². The Morgan fingerprint density at radius 3 is 3.14 bits per heavy atom. The maximum Gasteiger partial charge on any atom is 0.200 e. The number of tetrazole rings is 1. The Morgan fingerprint density at radius 2 is 2.43 bits per heavy atom. The first kappa shape index (κ1) is 9.54. The highest BCUT2D eigenvalue weighted by molar-refractivity contribution is 4.77. The largest absolute Gasteiger partial charge is 0.370 e. The van der Waals surface area contributed by atoms with Crippen LogP contribution in [-0.2, 0) is 11.3 Å². The Hall–Kier alpha value is -1.01. The zero-order chi connectivity index (χ0) is 9.80. The highest BCUT2D eigenvalue weighted by Crippen LogP contribution is 2.20. The maximum atomic E-state index is 5.84. The van der Waals surface area contributed by atoms with Crippen LogP contribution >= 0.6 is 0 Å². The van der Waals surface area contributed by atoms with E-state index in [0.717, 1.165) is 25.7 Å². The van der Waals surface area contributed by atoms with Crippen LogP contribution in [0.5, 0.6) is 0 Å². The fraction of sp³-hybridized carbons (Fsp3) is 0.875. The lowest BCUT2D eigenvalue weighted by molar-refractivity contribution is 0.00904. The number of H-pyrrole nitrogens is 1. The van der Waals surface area contributed by atoms with E-state index in [1.54, 1.807) is 0 Å². The fourth-order valence-electron chi connectivity index (χ4n) is 1.77. The molecule has 0 aliphatic heterocycles. The lowest BCUT2D eigenvalue weighted by atomic mass is 9.94. The van der Waals surface area contributed by atoms with E-state index in [1.807, 2.05) is 0 Å². The summed E-state index contributed by atoms with van der Waals surface area (Å²) in [5.41, 5.74) is 5.84. The van der Waals surface area contributed by atoms with Crippen molar-refractivity contribution in [1.82, 2.24) is 20.6 Å². The zero-order valence-corrected chi connectivity index (χ0v) is 8.02. The van der Waals surface area contributed by atoms with Gasteiger partial charge >= 0.3 is 0 Å². The van der Waals surface area contributed by atoms with Crippen LogP contribution in [0, 0.1) is 0 Å². The number of hydrogen-bond acceptors (Lipinski definition) is 5. The summed E-state index contributed by atoms with van der Waals surface area (Å²) in [7, 11) is 0. The Balaban J connectivity index is 1.75. The minimum Gasteiger partial charge on any atom is -0.370 e. The minimum absolute atomic E-state index is 0.261. The van der Waals surface area contributed by atoms with Crippen molar-refractivity contribution in [3.8, 4) is 0 Å². The van der Waals surface area contributed by atoms with Gasteiger partial charge in [-0.2, -0.15) is 5.21 Å². The van der Waals surface area contributed by atoms with Crippen molar-refractivity contribution in [1.29, 1.82) is 0 Å². The lowest BCUT2D eigenvalue weighted by Gasteiger charge is -2.26. The van der Waals surface area contributed by atoms with Gasteiger partial charge in [0.25, 0.3) is 0 Å². The van der Waals surface area contributed by atoms with Crippen molar-refractivity contribution in [2.45, 2.75) is 44.4 Å². The summed E-state index contributed by atoms with van der Waals surface area (Å²) in [4.78, 5) is 0. The van der Waals surface area contributed by atoms with Gasteiger partial charge in [-0.05, 0) is 25.7 Å². The SMILES string of the molecule is NC1CCCC(OCc2nn[nH]n2)C1. The summed E-state index contributed by atoms with van der Waals surface area (Å²) in [6.07, 6.45) is 4.56. The highest BCUT2D eigenvalue weighted by atomic mass is 16.5. The van der Waals surface area contributed by atoms with Gasteiger partial charge in [0.1, 0.15) is 6.61 Å². The summed E-state index contributed by atoms with van der Waals surface area (Å²) in [6.45, 7) is 0.424. The topological polar surface area (TPSA) is 89.7 Å². The molecule has 14 heavy (non-hydrogen) atoms. The number of nitrogens with two attached hydrogens (primary N) is 1. The van der Waals surface area contributed by atoms with E-state index in [1.165, 1.54) is 0 Å². The van der Waals surface area contributed by atoms with Crippen LogP contribution in [0.2, 0.25) is 0 Å². The number of nitrogens with one attached hydrogen (secondary N) is 1. The van der Waals surface area contributed by atoms with E-state index in [-0.39, 0.29) is 6.10 Å². The first-order valence-electron chi connectivity index (χ1n) is 4.94. The van der Waals surface area contributed by atoms with Crippen molar-refractivity contribution in [2.24, 2.45) is 5.73 Å². The van der Waals surface area contributed by atoms with Crippen LogP contribution in [0.4, 0.5) is 0 Å². The third kappa shape index (κ3) is 2.49. The lowest BCUT2D eigenvalue weighted by Crippen LogP contribution is -2.32. The molecule has 0 spiro atoms. The van der Waals surface area contributed by atoms with Gasteiger partial charge in [0, 0.05) is 6.04 Å². The number of nitrogens with zero attached hydrogens (tertiary/aromatic N) is 3. The Kier molecular flexibility index (Phi) is 3.05. The zero-order valence-electron chi connectivity index (χ0n) is 8.02. The molecular formula is C8H15N5O. The predicted octanol–water partition coefficient (Wildman–Crippen LogP) is -0.0138. The molecule has 1 heterocycles. The third-order valence-electron chi connectivity index (χ3n) is 2.50. The van der Waals surface area contributed by atoms with Gasteiger partial charge in [0.2, 0.25) is 0 Å². The number of aromatic nitrogens is 4. The molecule has 1 aromatic heterocycles. The summed E-state index contributed by atoms with van der Waals surface area (Å²) in [6, 6.07) is 0.291. The first-order valence-corrected chi connectivity index (χ1v) is 4.94. The van der Waals surface area contributed by atoms with Gasteiger partial charge in [-0.3, -0.25) is 0 Å². The predicted molar refractivity (Wildman–Crippen MR) is 49.2 cm³/mol. The molecule has 1 aliphatic carbocycles.